The molecular formula is C12H18N2. The fourth-order valence-electron chi connectivity index (χ4n) is 1.44. The number of aromatic nitrogens is 1. The van der Waals surface area contributed by atoms with Gasteiger partial charge in [-0.05, 0) is 31.4 Å². The van der Waals surface area contributed by atoms with Crippen LogP contribution in [0.15, 0.2) is 30.5 Å². The second-order valence-electron chi connectivity index (χ2n) is 3.62. The average Bonchev–Trinajstić information content (AvgIpc) is 2.18. The normalized spacial score (nSPS) is 12.5. The minimum Gasteiger partial charge on any atom is -0.322 e. The first-order valence-corrected chi connectivity index (χ1v) is 4.99. The maximum Gasteiger partial charge on any atom is 0.0603 e. The molecule has 1 unspecified atom stereocenters. The van der Waals surface area contributed by atoms with Crippen LogP contribution in [0.25, 0.3) is 0 Å². The lowest BCUT2D eigenvalue weighted by molar-refractivity contribution is 0.674. The van der Waals surface area contributed by atoms with Crippen LogP contribution in [0, 0.1) is 6.92 Å². The van der Waals surface area contributed by atoms with Crippen molar-refractivity contribution >= 4 is 0 Å². The molecular weight excluding hydrogens is 172 g/mol. The molecule has 1 heterocycles. The molecule has 0 aliphatic carbocycles. The number of pyridine rings is 1. The summed E-state index contributed by atoms with van der Waals surface area (Å²) in [5.74, 6) is 0. The van der Waals surface area contributed by atoms with E-state index in [0.717, 1.165) is 24.1 Å². The van der Waals surface area contributed by atoms with Crippen LogP contribution in [-0.2, 0) is 0 Å². The Morgan fingerprint density at radius 2 is 2.36 bits per heavy atom. The summed E-state index contributed by atoms with van der Waals surface area (Å²) in [6.07, 6.45) is 3.60. The lowest BCUT2D eigenvalue weighted by Gasteiger charge is -2.13. The summed E-state index contributed by atoms with van der Waals surface area (Å²) < 4.78 is 0. The molecule has 0 fully saturated rings. The third-order valence-electron chi connectivity index (χ3n) is 2.41. The fourth-order valence-corrected chi connectivity index (χ4v) is 1.44. The van der Waals surface area contributed by atoms with E-state index >= 15 is 0 Å². The van der Waals surface area contributed by atoms with Gasteiger partial charge in [0.1, 0.15) is 0 Å². The number of rotatable bonds is 4. The second-order valence-corrected chi connectivity index (χ2v) is 3.62. The Labute approximate surface area is 85.9 Å². The Hall–Kier alpha value is -1.15. The monoisotopic (exact) mass is 190 g/mol. The summed E-state index contributed by atoms with van der Waals surface area (Å²) in [6, 6.07) is 3.96. The van der Waals surface area contributed by atoms with E-state index < -0.39 is 0 Å². The molecule has 0 saturated carbocycles. The third-order valence-corrected chi connectivity index (χ3v) is 2.41. The van der Waals surface area contributed by atoms with E-state index in [0.29, 0.717) is 0 Å². The van der Waals surface area contributed by atoms with Gasteiger partial charge in [-0.25, -0.2) is 0 Å². The van der Waals surface area contributed by atoms with Gasteiger partial charge in [0.15, 0.2) is 0 Å². The molecule has 2 nitrogen and oxygen atoms in total. The Morgan fingerprint density at radius 1 is 1.64 bits per heavy atom. The summed E-state index contributed by atoms with van der Waals surface area (Å²) in [6.45, 7) is 8.10. The average molecular weight is 190 g/mol. The molecule has 2 heteroatoms. The molecule has 1 rings (SSSR count). The summed E-state index contributed by atoms with van der Waals surface area (Å²) in [7, 11) is 0. The van der Waals surface area contributed by atoms with Gasteiger partial charge in [0.25, 0.3) is 0 Å². The van der Waals surface area contributed by atoms with Crippen LogP contribution in [0.5, 0.6) is 0 Å². The fraction of sp³-hybridized carbons (Fsp3) is 0.417. The molecule has 0 saturated heterocycles. The molecule has 0 aromatic carbocycles. The Bertz CT molecular complexity index is 318. The van der Waals surface area contributed by atoms with Crippen molar-refractivity contribution in [1.82, 2.24) is 4.98 Å². The lowest BCUT2D eigenvalue weighted by Crippen LogP contribution is -2.14. The predicted molar refractivity (Wildman–Crippen MR) is 60.0 cm³/mol. The van der Waals surface area contributed by atoms with Gasteiger partial charge in [0.2, 0.25) is 0 Å². The minimum atomic E-state index is -0.0105. The van der Waals surface area contributed by atoms with E-state index in [1.165, 1.54) is 5.57 Å². The largest absolute Gasteiger partial charge is 0.322 e. The molecule has 1 atom stereocenters. The molecule has 0 aliphatic heterocycles. The number of nitrogens with zero attached hydrogens (tertiary/aromatic N) is 1. The Kier molecular flexibility index (Phi) is 3.84. The quantitative estimate of drug-likeness (QED) is 0.741. The smallest absolute Gasteiger partial charge is 0.0603 e. The Balaban J connectivity index is 2.74. The molecule has 2 N–H and O–H groups in total. The highest BCUT2D eigenvalue weighted by Gasteiger charge is 2.10. The van der Waals surface area contributed by atoms with Gasteiger partial charge in [0, 0.05) is 6.20 Å². The molecule has 1 aromatic heterocycles. The van der Waals surface area contributed by atoms with Crippen molar-refractivity contribution in [1.29, 1.82) is 0 Å². The summed E-state index contributed by atoms with van der Waals surface area (Å²) in [4.78, 5) is 4.30. The SMILES string of the molecule is C=C(CC)CC(N)c1ncccc1C. The van der Waals surface area contributed by atoms with Crippen LogP contribution in [-0.4, -0.2) is 4.98 Å². The lowest BCUT2D eigenvalue weighted by atomic mass is 10.0. The van der Waals surface area contributed by atoms with Gasteiger partial charge in [0.05, 0.1) is 11.7 Å². The summed E-state index contributed by atoms with van der Waals surface area (Å²) in [5, 5.41) is 0. The zero-order valence-corrected chi connectivity index (χ0v) is 8.96. The maximum atomic E-state index is 6.05. The molecule has 0 radical (unpaired) electrons. The van der Waals surface area contributed by atoms with Gasteiger partial charge >= 0.3 is 0 Å². The summed E-state index contributed by atoms with van der Waals surface area (Å²) in [5.41, 5.74) is 9.38. The number of nitrogens with two attached hydrogens (primary N) is 1. The number of hydrogen-bond acceptors (Lipinski definition) is 2. The van der Waals surface area contributed by atoms with Crippen molar-refractivity contribution in [2.75, 3.05) is 0 Å². The molecule has 14 heavy (non-hydrogen) atoms. The van der Waals surface area contributed by atoms with E-state index in [2.05, 4.69) is 18.5 Å². The topological polar surface area (TPSA) is 38.9 Å². The third kappa shape index (κ3) is 2.67. The molecule has 0 aliphatic rings. The van der Waals surface area contributed by atoms with Gasteiger partial charge in [-0.3, -0.25) is 4.98 Å². The van der Waals surface area contributed by atoms with Crippen molar-refractivity contribution in [3.8, 4) is 0 Å². The van der Waals surface area contributed by atoms with E-state index in [9.17, 15) is 0 Å². The molecule has 76 valence electrons. The molecule has 0 spiro atoms. The van der Waals surface area contributed by atoms with Gasteiger partial charge in [-0.1, -0.05) is 25.1 Å². The van der Waals surface area contributed by atoms with E-state index in [-0.39, 0.29) is 6.04 Å². The number of hydrogen-bond donors (Lipinski definition) is 1. The standard InChI is InChI=1S/C12H18N2/c1-4-9(2)8-11(13)12-10(3)6-5-7-14-12/h5-7,11H,2,4,8,13H2,1,3H3. The van der Waals surface area contributed by atoms with E-state index in [1.807, 2.05) is 19.1 Å². The first-order valence-electron chi connectivity index (χ1n) is 4.99. The molecule has 0 amide bonds. The van der Waals surface area contributed by atoms with Crippen LogP contribution in [0.4, 0.5) is 0 Å². The zero-order valence-electron chi connectivity index (χ0n) is 8.96. The maximum absolute atomic E-state index is 6.05. The van der Waals surface area contributed by atoms with Crippen LogP contribution in [0.3, 0.4) is 0 Å². The van der Waals surface area contributed by atoms with Crippen molar-refractivity contribution in [3.63, 3.8) is 0 Å². The van der Waals surface area contributed by atoms with Gasteiger partial charge < -0.3 is 5.73 Å². The molecule has 0 bridgehead atoms. The summed E-state index contributed by atoms with van der Waals surface area (Å²) >= 11 is 0. The first kappa shape index (κ1) is 10.9. The van der Waals surface area contributed by atoms with Crippen LogP contribution >= 0.6 is 0 Å². The van der Waals surface area contributed by atoms with Crippen molar-refractivity contribution in [3.05, 3.63) is 41.7 Å². The van der Waals surface area contributed by atoms with Crippen LogP contribution in [0.2, 0.25) is 0 Å². The first-order chi connectivity index (χ1) is 6.65. The minimum absolute atomic E-state index is 0.0105. The highest BCUT2D eigenvalue weighted by atomic mass is 14.8. The van der Waals surface area contributed by atoms with Crippen LogP contribution in [0.1, 0.15) is 37.1 Å². The van der Waals surface area contributed by atoms with Crippen molar-refractivity contribution in [2.24, 2.45) is 5.73 Å². The van der Waals surface area contributed by atoms with Crippen LogP contribution < -0.4 is 5.73 Å². The predicted octanol–water partition coefficient (Wildman–Crippen LogP) is 2.75. The molecule has 1 aromatic rings. The van der Waals surface area contributed by atoms with E-state index in [4.69, 9.17) is 5.73 Å². The Morgan fingerprint density at radius 3 is 2.93 bits per heavy atom. The zero-order chi connectivity index (χ0) is 10.6. The van der Waals surface area contributed by atoms with Gasteiger partial charge in [-0.15, -0.1) is 0 Å². The van der Waals surface area contributed by atoms with Crippen molar-refractivity contribution < 1.29 is 0 Å². The highest BCUT2D eigenvalue weighted by molar-refractivity contribution is 5.22. The van der Waals surface area contributed by atoms with Gasteiger partial charge in [-0.2, -0.15) is 0 Å². The second kappa shape index (κ2) is 4.91. The highest BCUT2D eigenvalue weighted by Crippen LogP contribution is 2.19. The number of aryl methyl sites for hydroxylation is 1. The van der Waals surface area contributed by atoms with E-state index in [1.54, 1.807) is 6.20 Å². The van der Waals surface area contributed by atoms with Crippen molar-refractivity contribution in [2.45, 2.75) is 32.7 Å².